The monoisotopic (exact) mass is 238 g/mol. The molecule has 0 aromatic rings. The lowest BCUT2D eigenvalue weighted by atomic mass is 10.2. The molecular formula is C7H14N2O5S. The van der Waals surface area contributed by atoms with Gasteiger partial charge in [-0.25, -0.2) is 13.9 Å². The number of nitrogens with two attached hydrogens (primary N) is 1. The zero-order chi connectivity index (χ0) is 12.3. The van der Waals surface area contributed by atoms with Crippen LogP contribution in [-0.4, -0.2) is 37.8 Å². The quantitative estimate of drug-likeness (QED) is 0.556. The van der Waals surface area contributed by atoms with Gasteiger partial charge in [-0.15, -0.1) is 0 Å². The highest BCUT2D eigenvalue weighted by Gasteiger charge is 2.38. The van der Waals surface area contributed by atoms with Gasteiger partial charge in [0.1, 0.15) is 4.75 Å². The van der Waals surface area contributed by atoms with Crippen LogP contribution in [0.5, 0.6) is 0 Å². The molecule has 0 aromatic carbocycles. The summed E-state index contributed by atoms with van der Waals surface area (Å²) in [7, 11) is -3.56. The third-order valence-corrected chi connectivity index (χ3v) is 3.89. The van der Waals surface area contributed by atoms with Gasteiger partial charge in [-0.3, -0.25) is 14.4 Å². The maximum atomic E-state index is 11.3. The van der Waals surface area contributed by atoms with Crippen molar-refractivity contribution in [3.05, 3.63) is 0 Å². The fourth-order valence-corrected chi connectivity index (χ4v) is 0.842. The van der Waals surface area contributed by atoms with Crippen molar-refractivity contribution in [2.24, 2.45) is 5.73 Å². The highest BCUT2D eigenvalue weighted by atomic mass is 32.2. The first-order valence-corrected chi connectivity index (χ1v) is 5.88. The van der Waals surface area contributed by atoms with E-state index in [0.29, 0.717) is 0 Å². The second kappa shape index (κ2) is 4.58. The van der Waals surface area contributed by atoms with Gasteiger partial charge in [0.2, 0.25) is 5.91 Å². The predicted octanol–water partition coefficient (Wildman–Crippen LogP) is -1.66. The van der Waals surface area contributed by atoms with E-state index in [1.54, 1.807) is 0 Å². The molecule has 0 aliphatic carbocycles. The van der Waals surface area contributed by atoms with Gasteiger partial charge in [0.15, 0.2) is 16.4 Å². The summed E-state index contributed by atoms with van der Waals surface area (Å²) in [6.07, 6.45) is 0.931. The van der Waals surface area contributed by atoms with Gasteiger partial charge in [-0.2, -0.15) is 0 Å². The molecule has 3 N–H and O–H groups in total. The number of nitrogens with one attached hydrogen (secondary N) is 1. The molecule has 0 bridgehead atoms. The number of sulfone groups is 1. The Bertz CT molecular complexity index is 360. The van der Waals surface area contributed by atoms with Crippen molar-refractivity contribution in [2.45, 2.75) is 18.6 Å². The van der Waals surface area contributed by atoms with Crippen LogP contribution in [0.3, 0.4) is 0 Å². The number of hydrogen-bond acceptors (Lipinski definition) is 5. The molecule has 8 heteroatoms. The molecule has 0 unspecified atom stereocenters. The Morgan fingerprint density at radius 3 is 2.20 bits per heavy atom. The van der Waals surface area contributed by atoms with Crippen LogP contribution in [0.1, 0.15) is 13.8 Å². The number of carbonyl (C=O) groups is 2. The van der Waals surface area contributed by atoms with Crippen LogP contribution < -0.4 is 11.2 Å². The van der Waals surface area contributed by atoms with E-state index in [9.17, 15) is 18.0 Å². The molecular weight excluding hydrogens is 224 g/mol. The van der Waals surface area contributed by atoms with E-state index in [4.69, 9.17) is 5.73 Å². The predicted molar refractivity (Wildman–Crippen MR) is 52.2 cm³/mol. The molecule has 0 aromatic heterocycles. The molecule has 0 radical (unpaired) electrons. The Balaban J connectivity index is 4.41. The zero-order valence-electron chi connectivity index (χ0n) is 8.73. The van der Waals surface area contributed by atoms with Crippen molar-refractivity contribution in [1.29, 1.82) is 0 Å². The number of amides is 2. The van der Waals surface area contributed by atoms with Crippen LogP contribution >= 0.6 is 0 Å². The second-order valence-electron chi connectivity index (χ2n) is 3.47. The number of hydroxylamine groups is 1. The standard InChI is InChI=1S/C7H14N2O5S/c1-7(2,15(3,12)13)6(11)9-14-4-5(8)10/h4H2,1-3H3,(H2,8,10)(H,9,11). The number of hydrogen-bond donors (Lipinski definition) is 2. The van der Waals surface area contributed by atoms with Crippen LogP contribution in [0.15, 0.2) is 0 Å². The van der Waals surface area contributed by atoms with Crippen LogP contribution in [0.25, 0.3) is 0 Å². The van der Waals surface area contributed by atoms with Gasteiger partial charge < -0.3 is 5.73 Å². The van der Waals surface area contributed by atoms with E-state index in [2.05, 4.69) is 4.84 Å². The molecule has 0 fully saturated rings. The normalized spacial score (nSPS) is 12.2. The molecule has 0 heterocycles. The fraction of sp³-hybridized carbons (Fsp3) is 0.714. The minimum atomic E-state index is -3.56. The van der Waals surface area contributed by atoms with Crippen molar-refractivity contribution in [3.8, 4) is 0 Å². The molecule has 0 atom stereocenters. The van der Waals surface area contributed by atoms with Crippen LogP contribution in [0.4, 0.5) is 0 Å². The van der Waals surface area contributed by atoms with Crippen molar-refractivity contribution in [1.82, 2.24) is 5.48 Å². The van der Waals surface area contributed by atoms with Gasteiger partial charge in [-0.1, -0.05) is 0 Å². The Morgan fingerprint density at radius 2 is 1.87 bits per heavy atom. The number of carbonyl (C=O) groups excluding carboxylic acids is 2. The van der Waals surface area contributed by atoms with E-state index in [0.717, 1.165) is 6.26 Å². The lowest BCUT2D eigenvalue weighted by molar-refractivity contribution is -0.139. The van der Waals surface area contributed by atoms with Crippen molar-refractivity contribution in [2.75, 3.05) is 12.9 Å². The highest BCUT2D eigenvalue weighted by molar-refractivity contribution is 7.92. The molecule has 0 saturated heterocycles. The zero-order valence-corrected chi connectivity index (χ0v) is 9.55. The Kier molecular flexibility index (Phi) is 4.23. The molecule has 0 rings (SSSR count). The second-order valence-corrected chi connectivity index (χ2v) is 6.03. The summed E-state index contributed by atoms with van der Waals surface area (Å²) in [5.74, 6) is -1.63. The smallest absolute Gasteiger partial charge is 0.264 e. The summed E-state index contributed by atoms with van der Waals surface area (Å²) in [4.78, 5) is 26.0. The van der Waals surface area contributed by atoms with E-state index in [1.165, 1.54) is 13.8 Å². The summed E-state index contributed by atoms with van der Waals surface area (Å²) in [6, 6.07) is 0. The van der Waals surface area contributed by atoms with Gasteiger partial charge in [0.25, 0.3) is 5.91 Å². The maximum absolute atomic E-state index is 11.3. The summed E-state index contributed by atoms with van der Waals surface area (Å²) >= 11 is 0. The summed E-state index contributed by atoms with van der Waals surface area (Å²) < 4.78 is 20.7. The van der Waals surface area contributed by atoms with Gasteiger partial charge in [0.05, 0.1) is 0 Å². The third-order valence-electron chi connectivity index (χ3n) is 1.85. The van der Waals surface area contributed by atoms with Crippen molar-refractivity contribution >= 4 is 21.7 Å². The molecule has 0 spiro atoms. The Hall–Kier alpha value is -1.15. The van der Waals surface area contributed by atoms with Crippen molar-refractivity contribution in [3.63, 3.8) is 0 Å². The molecule has 0 saturated carbocycles. The first kappa shape index (κ1) is 13.8. The minimum absolute atomic E-state index is 0.508. The SMILES string of the molecule is CC(C)(C(=O)NOCC(N)=O)S(C)(=O)=O. The Labute approximate surface area is 87.8 Å². The summed E-state index contributed by atoms with van der Waals surface area (Å²) in [5.41, 5.74) is 6.58. The summed E-state index contributed by atoms with van der Waals surface area (Å²) in [6.45, 7) is 1.95. The van der Waals surface area contributed by atoms with Crippen LogP contribution in [-0.2, 0) is 24.3 Å². The maximum Gasteiger partial charge on any atom is 0.264 e. The number of rotatable bonds is 5. The lowest BCUT2D eigenvalue weighted by Gasteiger charge is -2.20. The largest absolute Gasteiger partial charge is 0.368 e. The van der Waals surface area contributed by atoms with E-state index < -0.39 is 33.0 Å². The van der Waals surface area contributed by atoms with Gasteiger partial charge >= 0.3 is 0 Å². The van der Waals surface area contributed by atoms with E-state index in [-0.39, 0.29) is 0 Å². The molecule has 15 heavy (non-hydrogen) atoms. The van der Waals surface area contributed by atoms with Crippen LogP contribution in [0, 0.1) is 0 Å². The minimum Gasteiger partial charge on any atom is -0.368 e. The molecule has 0 aliphatic rings. The molecule has 7 nitrogen and oxygen atoms in total. The lowest BCUT2D eigenvalue weighted by Crippen LogP contribution is -2.48. The first-order chi connectivity index (χ1) is 6.59. The highest BCUT2D eigenvalue weighted by Crippen LogP contribution is 2.14. The van der Waals surface area contributed by atoms with Crippen LogP contribution in [0.2, 0.25) is 0 Å². The first-order valence-electron chi connectivity index (χ1n) is 3.99. The molecule has 88 valence electrons. The van der Waals surface area contributed by atoms with Crippen molar-refractivity contribution < 1.29 is 22.8 Å². The average Bonchev–Trinajstić information content (AvgIpc) is 2.01. The molecule has 2 amide bonds. The van der Waals surface area contributed by atoms with E-state index >= 15 is 0 Å². The van der Waals surface area contributed by atoms with E-state index in [1.807, 2.05) is 5.48 Å². The van der Waals surface area contributed by atoms with Gasteiger partial charge in [-0.05, 0) is 13.8 Å². The summed E-state index contributed by atoms with van der Waals surface area (Å²) in [5, 5.41) is 0. The third kappa shape index (κ3) is 3.84. The Morgan fingerprint density at radius 1 is 1.40 bits per heavy atom. The molecule has 0 aliphatic heterocycles. The topological polar surface area (TPSA) is 116 Å². The van der Waals surface area contributed by atoms with Gasteiger partial charge in [0, 0.05) is 6.26 Å². The number of primary amides is 1. The fourth-order valence-electron chi connectivity index (χ4n) is 0.464. The average molecular weight is 238 g/mol.